The van der Waals surface area contributed by atoms with Crippen LogP contribution in [-0.2, 0) is 15.5 Å². The van der Waals surface area contributed by atoms with Gasteiger partial charge in [-0.15, -0.1) is 0 Å². The van der Waals surface area contributed by atoms with E-state index in [0.29, 0.717) is 0 Å². The summed E-state index contributed by atoms with van der Waals surface area (Å²) in [4.78, 5) is 0.147. The van der Waals surface area contributed by atoms with Crippen LogP contribution < -0.4 is 0 Å². The van der Waals surface area contributed by atoms with Crippen LogP contribution in [0, 0.1) is 0 Å². The zero-order valence-corrected chi connectivity index (χ0v) is 10.1. The van der Waals surface area contributed by atoms with E-state index < -0.39 is 9.05 Å². The van der Waals surface area contributed by atoms with Gasteiger partial charge in [0.2, 0.25) is 0 Å². The molecule has 1 aromatic carbocycles. The molecule has 0 saturated carbocycles. The Morgan fingerprint density at radius 2 is 2.08 bits per heavy atom. The van der Waals surface area contributed by atoms with E-state index in [2.05, 4.69) is 15.9 Å². The van der Waals surface area contributed by atoms with Gasteiger partial charge in [0.15, 0.2) is 0 Å². The summed E-state index contributed by atoms with van der Waals surface area (Å²) in [5.41, 5.74) is 0.932. The molecule has 13 heavy (non-hydrogen) atoms. The summed E-state index contributed by atoms with van der Waals surface area (Å²) >= 11 is 3.32. The molecule has 2 nitrogen and oxygen atoms in total. The Hall–Kier alpha value is -0.0600. The highest BCUT2D eigenvalue weighted by atomic mass is 79.9. The molecule has 0 aromatic heterocycles. The van der Waals surface area contributed by atoms with E-state index in [-0.39, 0.29) is 4.90 Å². The lowest BCUT2D eigenvalue weighted by Crippen LogP contribution is -1.92. The van der Waals surface area contributed by atoms with Gasteiger partial charge in [0.05, 0.1) is 4.90 Å². The van der Waals surface area contributed by atoms with Gasteiger partial charge in [-0.25, -0.2) is 8.42 Å². The third kappa shape index (κ3) is 2.69. The van der Waals surface area contributed by atoms with Gasteiger partial charge in [0, 0.05) is 15.2 Å². The molecule has 1 aromatic rings. The van der Waals surface area contributed by atoms with Crippen molar-refractivity contribution < 1.29 is 8.42 Å². The maximum Gasteiger partial charge on any atom is 0.261 e. The van der Waals surface area contributed by atoms with Crippen LogP contribution in [0.2, 0.25) is 0 Å². The first-order chi connectivity index (χ1) is 5.95. The quantitative estimate of drug-likeness (QED) is 0.782. The Balaban J connectivity index is 3.30. The van der Waals surface area contributed by atoms with Gasteiger partial charge in [-0.2, -0.15) is 0 Å². The molecule has 0 saturated heterocycles. The second-order valence-corrected chi connectivity index (χ2v) is 5.96. The molecule has 0 unspecified atom stereocenters. The highest BCUT2D eigenvalue weighted by Gasteiger charge is 2.11. The van der Waals surface area contributed by atoms with Crippen LogP contribution in [0.5, 0.6) is 0 Å². The lowest BCUT2D eigenvalue weighted by Gasteiger charge is -2.02. The predicted molar refractivity (Wildman–Crippen MR) is 56.6 cm³/mol. The predicted octanol–water partition coefficient (Wildman–Crippen LogP) is 2.94. The fraction of sp³-hybridized carbons (Fsp3) is 0.250. The molecule has 0 spiro atoms. The molecule has 0 aliphatic heterocycles. The van der Waals surface area contributed by atoms with Gasteiger partial charge >= 0.3 is 0 Å². The van der Waals surface area contributed by atoms with E-state index in [1.165, 1.54) is 6.07 Å². The molecule has 72 valence electrons. The summed E-state index contributed by atoms with van der Waals surface area (Å²) in [6.07, 6.45) is 0.765. The van der Waals surface area contributed by atoms with Gasteiger partial charge in [0.25, 0.3) is 9.05 Å². The second kappa shape index (κ2) is 3.98. The average molecular weight is 284 g/mol. The van der Waals surface area contributed by atoms with Gasteiger partial charge in [-0.3, -0.25) is 0 Å². The minimum Gasteiger partial charge on any atom is -0.207 e. The zero-order chi connectivity index (χ0) is 10.1. The SMILES string of the molecule is CCc1cc(S(=O)(=O)Cl)ccc1Br. The van der Waals surface area contributed by atoms with Crippen LogP contribution in [0.1, 0.15) is 12.5 Å². The number of benzene rings is 1. The maximum absolute atomic E-state index is 11.0. The van der Waals surface area contributed by atoms with Crippen LogP contribution in [0.15, 0.2) is 27.6 Å². The number of halogens is 2. The van der Waals surface area contributed by atoms with E-state index in [9.17, 15) is 8.42 Å². The summed E-state index contributed by atoms with van der Waals surface area (Å²) < 4.78 is 22.8. The lowest BCUT2D eigenvalue weighted by molar-refractivity contribution is 0.609. The van der Waals surface area contributed by atoms with Crippen LogP contribution in [0.4, 0.5) is 0 Å². The molecule has 0 aliphatic rings. The molecule has 5 heteroatoms. The van der Waals surface area contributed by atoms with Gasteiger partial charge < -0.3 is 0 Å². The van der Waals surface area contributed by atoms with Crippen molar-refractivity contribution >= 4 is 35.7 Å². The molecule has 0 heterocycles. The fourth-order valence-electron chi connectivity index (χ4n) is 0.974. The largest absolute Gasteiger partial charge is 0.261 e. The van der Waals surface area contributed by atoms with E-state index in [0.717, 1.165) is 16.5 Å². The van der Waals surface area contributed by atoms with E-state index in [1.807, 2.05) is 6.92 Å². The van der Waals surface area contributed by atoms with E-state index in [1.54, 1.807) is 12.1 Å². The van der Waals surface area contributed by atoms with E-state index in [4.69, 9.17) is 10.7 Å². The zero-order valence-electron chi connectivity index (χ0n) is 6.92. The van der Waals surface area contributed by atoms with Crippen molar-refractivity contribution in [1.29, 1.82) is 0 Å². The van der Waals surface area contributed by atoms with Gasteiger partial charge in [-0.05, 0) is 30.2 Å². The normalized spacial score (nSPS) is 11.6. The third-order valence-corrected chi connectivity index (χ3v) is 3.80. The summed E-state index contributed by atoms with van der Waals surface area (Å²) in [5, 5.41) is 0. The minimum atomic E-state index is -3.60. The highest BCUT2D eigenvalue weighted by molar-refractivity contribution is 9.10. The summed E-state index contributed by atoms with van der Waals surface area (Å²) in [6, 6.07) is 4.74. The Bertz CT molecular complexity index is 414. The second-order valence-electron chi connectivity index (χ2n) is 2.54. The van der Waals surface area contributed by atoms with Gasteiger partial charge in [-0.1, -0.05) is 22.9 Å². The number of hydrogen-bond acceptors (Lipinski definition) is 2. The van der Waals surface area contributed by atoms with Crippen LogP contribution in [-0.4, -0.2) is 8.42 Å². The topological polar surface area (TPSA) is 34.1 Å². The molecular formula is C8H8BrClO2S. The van der Waals surface area contributed by atoms with Crippen molar-refractivity contribution in [2.24, 2.45) is 0 Å². The maximum atomic E-state index is 11.0. The minimum absolute atomic E-state index is 0.147. The smallest absolute Gasteiger partial charge is 0.207 e. The number of hydrogen-bond donors (Lipinski definition) is 0. The molecule has 0 radical (unpaired) electrons. The molecule has 0 atom stereocenters. The molecule has 0 bridgehead atoms. The first-order valence-corrected chi connectivity index (χ1v) is 6.78. The molecular weight excluding hydrogens is 276 g/mol. The highest BCUT2D eigenvalue weighted by Crippen LogP contribution is 2.23. The first kappa shape index (κ1) is 11.0. The van der Waals surface area contributed by atoms with Crippen LogP contribution in [0.3, 0.4) is 0 Å². The monoisotopic (exact) mass is 282 g/mol. The van der Waals surface area contributed by atoms with E-state index >= 15 is 0 Å². The molecule has 0 fully saturated rings. The summed E-state index contributed by atoms with van der Waals surface area (Å²) in [5.74, 6) is 0. The molecule has 0 aliphatic carbocycles. The number of rotatable bonds is 2. The van der Waals surface area contributed by atoms with Crippen molar-refractivity contribution in [3.05, 3.63) is 28.2 Å². The van der Waals surface area contributed by atoms with Crippen molar-refractivity contribution in [2.45, 2.75) is 18.2 Å². The summed E-state index contributed by atoms with van der Waals surface area (Å²) in [6.45, 7) is 1.95. The fourth-order valence-corrected chi connectivity index (χ4v) is 2.30. The molecule has 0 N–H and O–H groups in total. The lowest BCUT2D eigenvalue weighted by atomic mass is 10.2. The van der Waals surface area contributed by atoms with Crippen molar-refractivity contribution in [1.82, 2.24) is 0 Å². The van der Waals surface area contributed by atoms with Gasteiger partial charge in [0.1, 0.15) is 0 Å². The molecule has 1 rings (SSSR count). The standard InChI is InChI=1S/C8H8BrClO2S/c1-2-6-5-7(13(10,11)12)3-4-8(6)9/h3-5H,2H2,1H3. The first-order valence-electron chi connectivity index (χ1n) is 3.68. The molecule has 0 amide bonds. The van der Waals surface area contributed by atoms with Crippen LogP contribution in [0.25, 0.3) is 0 Å². The Morgan fingerprint density at radius 3 is 2.54 bits per heavy atom. The van der Waals surface area contributed by atoms with Crippen LogP contribution >= 0.6 is 26.6 Å². The van der Waals surface area contributed by atoms with Crippen molar-refractivity contribution in [3.8, 4) is 0 Å². The van der Waals surface area contributed by atoms with Crippen molar-refractivity contribution in [3.63, 3.8) is 0 Å². The number of aryl methyl sites for hydroxylation is 1. The summed E-state index contributed by atoms with van der Waals surface area (Å²) in [7, 11) is 1.60. The Labute approximate surface area is 90.5 Å². The Kier molecular flexibility index (Phi) is 3.38. The third-order valence-electron chi connectivity index (χ3n) is 1.68. The average Bonchev–Trinajstić information content (AvgIpc) is 2.03. The Morgan fingerprint density at radius 1 is 1.46 bits per heavy atom. The van der Waals surface area contributed by atoms with Crippen molar-refractivity contribution in [2.75, 3.05) is 0 Å².